The summed E-state index contributed by atoms with van der Waals surface area (Å²) in [6.07, 6.45) is 0.0326. The van der Waals surface area contributed by atoms with Crippen molar-refractivity contribution in [2.45, 2.75) is 32.2 Å². The molecule has 3 aromatic heterocycles. The minimum absolute atomic E-state index is 0.220. The van der Waals surface area contributed by atoms with E-state index in [9.17, 15) is 13.2 Å². The molecule has 0 spiro atoms. The highest BCUT2D eigenvalue weighted by Gasteiger charge is 2.31. The van der Waals surface area contributed by atoms with E-state index in [4.69, 9.17) is 4.74 Å². The number of nitrogens with zero attached hydrogens (tertiary/aromatic N) is 6. The minimum atomic E-state index is -4.78. The predicted molar refractivity (Wildman–Crippen MR) is 100 cm³/mol. The number of rotatable bonds is 3. The topological polar surface area (TPSA) is 79.9 Å². The zero-order valence-corrected chi connectivity index (χ0v) is 15.9. The first-order valence-corrected chi connectivity index (χ1v) is 9.41. The summed E-state index contributed by atoms with van der Waals surface area (Å²) in [5.41, 5.74) is 2.24. The van der Waals surface area contributed by atoms with Crippen LogP contribution in [0.15, 0.2) is 30.7 Å². The Morgan fingerprint density at radius 2 is 1.90 bits per heavy atom. The van der Waals surface area contributed by atoms with Crippen LogP contribution in [0, 0.1) is 6.92 Å². The van der Waals surface area contributed by atoms with E-state index in [0.717, 1.165) is 18.7 Å². The zero-order valence-electron chi connectivity index (χ0n) is 15.9. The molecular formula is C19H17F3N6O2. The number of halogens is 3. The van der Waals surface area contributed by atoms with Gasteiger partial charge in [-0.1, -0.05) is 0 Å². The van der Waals surface area contributed by atoms with Gasteiger partial charge in [-0.25, -0.2) is 15.0 Å². The van der Waals surface area contributed by atoms with Crippen LogP contribution in [0.3, 0.4) is 0 Å². The first-order chi connectivity index (χ1) is 14.4. The highest BCUT2D eigenvalue weighted by Crippen LogP contribution is 2.29. The third-order valence-corrected chi connectivity index (χ3v) is 5.12. The fourth-order valence-electron chi connectivity index (χ4n) is 3.84. The van der Waals surface area contributed by atoms with Gasteiger partial charge in [0.05, 0.1) is 17.2 Å². The maximum atomic E-state index is 12.6. The molecule has 0 radical (unpaired) electrons. The number of ether oxygens (including phenoxy) is 2. The fourth-order valence-corrected chi connectivity index (χ4v) is 3.84. The number of hydrogen-bond acceptors (Lipinski definition) is 6. The maximum absolute atomic E-state index is 12.6. The Morgan fingerprint density at radius 3 is 2.67 bits per heavy atom. The van der Waals surface area contributed by atoms with Crippen molar-refractivity contribution in [1.29, 1.82) is 0 Å². The Morgan fingerprint density at radius 1 is 1.10 bits per heavy atom. The summed E-state index contributed by atoms with van der Waals surface area (Å²) in [4.78, 5) is 17.8. The molecule has 0 bridgehead atoms. The average molecular weight is 418 g/mol. The van der Waals surface area contributed by atoms with Gasteiger partial charge in [-0.3, -0.25) is 4.57 Å². The Kier molecular flexibility index (Phi) is 4.35. The van der Waals surface area contributed by atoms with Gasteiger partial charge in [-0.05, 0) is 31.9 Å². The molecule has 1 aliphatic heterocycles. The van der Waals surface area contributed by atoms with E-state index in [-0.39, 0.29) is 11.8 Å². The Bertz CT molecular complexity index is 1230. The van der Waals surface area contributed by atoms with Gasteiger partial charge in [0.15, 0.2) is 5.65 Å². The van der Waals surface area contributed by atoms with Gasteiger partial charge < -0.3 is 14.0 Å². The van der Waals surface area contributed by atoms with E-state index < -0.39 is 6.36 Å². The van der Waals surface area contributed by atoms with Crippen LogP contribution in [0.1, 0.15) is 24.7 Å². The smallest absolute Gasteiger partial charge is 0.406 e. The predicted octanol–water partition coefficient (Wildman–Crippen LogP) is 3.72. The highest BCUT2D eigenvalue weighted by atomic mass is 19.4. The number of fused-ring (bicyclic) bond motifs is 2. The van der Waals surface area contributed by atoms with Crippen LogP contribution in [0.5, 0.6) is 5.75 Å². The molecule has 0 aliphatic carbocycles. The van der Waals surface area contributed by atoms with E-state index in [2.05, 4.69) is 29.2 Å². The largest absolute Gasteiger partial charge is 0.573 e. The SMILES string of the molecule is Cc1nc2cnc(-n3cnc4ccc(OC(F)(F)F)cc43)nc2n1C1CCOCC1. The Hall–Kier alpha value is -3.21. The van der Waals surface area contributed by atoms with Crippen molar-refractivity contribution < 1.29 is 22.6 Å². The molecule has 0 amide bonds. The molecule has 4 heterocycles. The molecule has 1 saturated heterocycles. The lowest BCUT2D eigenvalue weighted by atomic mass is 10.1. The van der Waals surface area contributed by atoms with Gasteiger partial charge in [-0.15, -0.1) is 13.2 Å². The average Bonchev–Trinajstić information content (AvgIpc) is 3.26. The second-order valence-corrected chi connectivity index (χ2v) is 7.06. The van der Waals surface area contributed by atoms with Crippen LogP contribution in [0.4, 0.5) is 13.2 Å². The second kappa shape index (κ2) is 6.94. The summed E-state index contributed by atoms with van der Waals surface area (Å²) in [7, 11) is 0. The Balaban J connectivity index is 1.60. The molecule has 156 valence electrons. The molecule has 0 saturated carbocycles. The van der Waals surface area contributed by atoms with Crippen molar-refractivity contribution in [1.82, 2.24) is 29.1 Å². The molecule has 1 aliphatic rings. The molecule has 30 heavy (non-hydrogen) atoms. The molecule has 1 fully saturated rings. The van der Waals surface area contributed by atoms with Gasteiger partial charge in [0, 0.05) is 25.3 Å². The molecule has 11 heteroatoms. The van der Waals surface area contributed by atoms with Gasteiger partial charge in [-0.2, -0.15) is 4.98 Å². The minimum Gasteiger partial charge on any atom is -0.406 e. The monoisotopic (exact) mass is 418 g/mol. The lowest BCUT2D eigenvalue weighted by Crippen LogP contribution is -2.20. The van der Waals surface area contributed by atoms with Crippen LogP contribution >= 0.6 is 0 Å². The first-order valence-electron chi connectivity index (χ1n) is 9.41. The van der Waals surface area contributed by atoms with Gasteiger partial charge in [0.25, 0.3) is 0 Å². The van der Waals surface area contributed by atoms with E-state index in [1.807, 2.05) is 6.92 Å². The number of aromatic nitrogens is 6. The lowest BCUT2D eigenvalue weighted by Gasteiger charge is -2.24. The second-order valence-electron chi connectivity index (χ2n) is 7.06. The van der Waals surface area contributed by atoms with Gasteiger partial charge >= 0.3 is 6.36 Å². The van der Waals surface area contributed by atoms with E-state index in [0.29, 0.717) is 41.4 Å². The molecule has 1 aromatic carbocycles. The summed E-state index contributed by atoms with van der Waals surface area (Å²) in [5.74, 6) is 0.794. The number of imidazole rings is 2. The summed E-state index contributed by atoms with van der Waals surface area (Å²) in [6.45, 7) is 3.27. The summed E-state index contributed by atoms with van der Waals surface area (Å²) < 4.78 is 50.9. The third-order valence-electron chi connectivity index (χ3n) is 5.12. The Labute approximate surface area is 168 Å². The molecular weight excluding hydrogens is 401 g/mol. The van der Waals surface area contributed by atoms with Crippen molar-refractivity contribution in [3.8, 4) is 11.7 Å². The summed E-state index contributed by atoms with van der Waals surface area (Å²) in [5, 5.41) is 0. The summed E-state index contributed by atoms with van der Waals surface area (Å²) in [6, 6.07) is 4.17. The van der Waals surface area contributed by atoms with E-state index >= 15 is 0 Å². The van der Waals surface area contributed by atoms with Crippen LogP contribution in [-0.2, 0) is 4.74 Å². The molecule has 4 aromatic rings. The third kappa shape index (κ3) is 3.34. The summed E-state index contributed by atoms with van der Waals surface area (Å²) >= 11 is 0. The van der Waals surface area contributed by atoms with Crippen molar-refractivity contribution in [3.05, 3.63) is 36.5 Å². The van der Waals surface area contributed by atoms with Crippen molar-refractivity contribution >= 4 is 22.2 Å². The number of hydrogen-bond donors (Lipinski definition) is 0. The highest BCUT2D eigenvalue weighted by molar-refractivity contribution is 5.79. The molecule has 0 N–H and O–H groups in total. The molecule has 5 rings (SSSR count). The number of aryl methyl sites for hydroxylation is 1. The fraction of sp³-hybridized carbons (Fsp3) is 0.368. The van der Waals surface area contributed by atoms with E-state index in [1.54, 1.807) is 6.20 Å². The van der Waals surface area contributed by atoms with Crippen LogP contribution < -0.4 is 4.74 Å². The quantitative estimate of drug-likeness (QED) is 0.505. The zero-order chi connectivity index (χ0) is 20.9. The molecule has 0 unspecified atom stereocenters. The number of benzene rings is 1. The molecule has 8 nitrogen and oxygen atoms in total. The van der Waals surface area contributed by atoms with Crippen molar-refractivity contribution in [3.63, 3.8) is 0 Å². The standard InChI is InChI=1S/C19H17F3N6O2/c1-11-25-15-9-23-18(26-17(15)28(11)12-4-6-29-7-5-12)27-10-24-14-3-2-13(8-16(14)27)30-19(20,21)22/h2-3,8-10,12H,4-7H2,1H3. The van der Waals surface area contributed by atoms with Gasteiger partial charge in [0.2, 0.25) is 5.95 Å². The normalized spacial score (nSPS) is 15.9. The van der Waals surface area contributed by atoms with Crippen LogP contribution in [0.25, 0.3) is 28.1 Å². The molecule has 0 atom stereocenters. The van der Waals surface area contributed by atoms with Crippen LogP contribution in [-0.4, -0.2) is 48.6 Å². The van der Waals surface area contributed by atoms with Crippen LogP contribution in [0.2, 0.25) is 0 Å². The van der Waals surface area contributed by atoms with Crippen molar-refractivity contribution in [2.75, 3.05) is 13.2 Å². The van der Waals surface area contributed by atoms with E-state index in [1.165, 1.54) is 29.1 Å². The first kappa shape index (κ1) is 18.8. The lowest BCUT2D eigenvalue weighted by molar-refractivity contribution is -0.274. The maximum Gasteiger partial charge on any atom is 0.573 e. The number of alkyl halides is 3. The van der Waals surface area contributed by atoms with Gasteiger partial charge in [0.1, 0.15) is 23.4 Å². The van der Waals surface area contributed by atoms with Crippen molar-refractivity contribution in [2.24, 2.45) is 0 Å².